The third-order valence-electron chi connectivity index (χ3n) is 4.94. The lowest BCUT2D eigenvalue weighted by Gasteiger charge is -2.25. The molecular formula is C17H26N2. The molecule has 2 aliphatic heterocycles. The van der Waals surface area contributed by atoms with Crippen LogP contribution in [0.5, 0.6) is 0 Å². The number of rotatable bonds is 4. The number of piperidine rings is 1. The second kappa shape index (κ2) is 6.06. The molecule has 0 spiro atoms. The molecule has 0 bridgehead atoms. The summed E-state index contributed by atoms with van der Waals surface area (Å²) in [6.07, 6.45) is 5.29. The minimum atomic E-state index is 0.715. The van der Waals surface area contributed by atoms with Crippen LogP contribution in [0.4, 0.5) is 0 Å². The number of likely N-dealkylation sites (tertiary alicyclic amines) is 1. The normalized spacial score (nSPS) is 29.1. The Balaban J connectivity index is 1.49. The van der Waals surface area contributed by atoms with Gasteiger partial charge in [-0.1, -0.05) is 30.3 Å². The standard InChI is InChI=1S/C17H26N2/c1-14(9-10-15-6-3-2-4-7-15)19-12-16-8-5-11-18-17(16)13-19/h2-4,6-7,14,16-18H,5,8-13H2,1H3/t14?,16-,17+/m0/s1. The highest BCUT2D eigenvalue weighted by Gasteiger charge is 2.35. The maximum absolute atomic E-state index is 3.70. The lowest BCUT2D eigenvalue weighted by atomic mass is 9.94. The molecule has 0 saturated carbocycles. The molecule has 0 aliphatic carbocycles. The lowest BCUT2D eigenvalue weighted by molar-refractivity contribution is 0.236. The van der Waals surface area contributed by atoms with Gasteiger partial charge in [0.2, 0.25) is 0 Å². The molecule has 1 unspecified atom stereocenters. The van der Waals surface area contributed by atoms with Gasteiger partial charge in [0.1, 0.15) is 0 Å². The van der Waals surface area contributed by atoms with Gasteiger partial charge in [-0.25, -0.2) is 0 Å². The van der Waals surface area contributed by atoms with Crippen molar-refractivity contribution in [2.24, 2.45) is 5.92 Å². The van der Waals surface area contributed by atoms with Crippen molar-refractivity contribution in [1.82, 2.24) is 10.2 Å². The van der Waals surface area contributed by atoms with Crippen LogP contribution in [-0.2, 0) is 6.42 Å². The fraction of sp³-hybridized carbons (Fsp3) is 0.647. The summed E-state index contributed by atoms with van der Waals surface area (Å²) in [5.41, 5.74) is 1.48. The summed E-state index contributed by atoms with van der Waals surface area (Å²) >= 11 is 0. The van der Waals surface area contributed by atoms with E-state index < -0.39 is 0 Å². The Kier molecular flexibility index (Phi) is 4.19. The Bertz CT molecular complexity index is 376. The summed E-state index contributed by atoms with van der Waals surface area (Å²) < 4.78 is 0. The summed E-state index contributed by atoms with van der Waals surface area (Å²) in [6, 6.07) is 12.4. The monoisotopic (exact) mass is 258 g/mol. The van der Waals surface area contributed by atoms with Crippen LogP contribution < -0.4 is 5.32 Å². The molecule has 0 radical (unpaired) electrons. The fourth-order valence-electron chi connectivity index (χ4n) is 3.64. The van der Waals surface area contributed by atoms with Crippen LogP contribution in [0.15, 0.2) is 30.3 Å². The molecule has 2 fully saturated rings. The van der Waals surface area contributed by atoms with Gasteiger partial charge in [0.05, 0.1) is 0 Å². The zero-order valence-electron chi connectivity index (χ0n) is 12.0. The van der Waals surface area contributed by atoms with E-state index in [4.69, 9.17) is 0 Å². The van der Waals surface area contributed by atoms with Crippen molar-refractivity contribution < 1.29 is 0 Å². The zero-order chi connectivity index (χ0) is 13.1. The van der Waals surface area contributed by atoms with Gasteiger partial charge in [-0.05, 0) is 50.6 Å². The molecule has 0 aromatic heterocycles. The van der Waals surface area contributed by atoms with E-state index in [2.05, 4.69) is 47.5 Å². The van der Waals surface area contributed by atoms with Crippen LogP contribution in [0.1, 0.15) is 31.7 Å². The second-order valence-electron chi connectivity index (χ2n) is 6.29. The molecule has 3 atom stereocenters. The molecular weight excluding hydrogens is 232 g/mol. The van der Waals surface area contributed by atoms with Crippen molar-refractivity contribution >= 4 is 0 Å². The quantitative estimate of drug-likeness (QED) is 0.893. The smallest absolute Gasteiger partial charge is 0.0235 e. The summed E-state index contributed by atoms with van der Waals surface area (Å²) in [5, 5.41) is 3.70. The Morgan fingerprint density at radius 1 is 1.26 bits per heavy atom. The first-order chi connectivity index (χ1) is 9.33. The molecule has 0 amide bonds. The van der Waals surface area contributed by atoms with Crippen LogP contribution in [-0.4, -0.2) is 36.6 Å². The average molecular weight is 258 g/mol. The number of nitrogens with zero attached hydrogens (tertiary/aromatic N) is 1. The minimum absolute atomic E-state index is 0.715. The van der Waals surface area contributed by atoms with Gasteiger partial charge in [-0.15, -0.1) is 0 Å². The predicted octanol–water partition coefficient (Wildman–Crippen LogP) is 2.69. The van der Waals surface area contributed by atoms with E-state index in [0.29, 0.717) is 6.04 Å². The van der Waals surface area contributed by atoms with E-state index in [1.807, 2.05) is 0 Å². The Hall–Kier alpha value is -0.860. The third kappa shape index (κ3) is 3.18. The largest absolute Gasteiger partial charge is 0.312 e. The van der Waals surface area contributed by atoms with E-state index in [0.717, 1.165) is 12.0 Å². The Morgan fingerprint density at radius 3 is 2.89 bits per heavy atom. The fourth-order valence-corrected chi connectivity index (χ4v) is 3.64. The van der Waals surface area contributed by atoms with Gasteiger partial charge >= 0.3 is 0 Å². The summed E-state index contributed by atoms with van der Waals surface area (Å²) in [4.78, 5) is 2.70. The molecule has 2 nitrogen and oxygen atoms in total. The molecule has 19 heavy (non-hydrogen) atoms. The van der Waals surface area contributed by atoms with Crippen LogP contribution in [0, 0.1) is 5.92 Å². The molecule has 2 heterocycles. The molecule has 1 N–H and O–H groups in total. The van der Waals surface area contributed by atoms with Crippen LogP contribution in [0.25, 0.3) is 0 Å². The summed E-state index contributed by atoms with van der Waals surface area (Å²) in [7, 11) is 0. The van der Waals surface area contributed by atoms with Crippen LogP contribution in [0.3, 0.4) is 0 Å². The predicted molar refractivity (Wildman–Crippen MR) is 80.3 cm³/mol. The van der Waals surface area contributed by atoms with Crippen molar-refractivity contribution in [3.8, 4) is 0 Å². The van der Waals surface area contributed by atoms with Gasteiger partial charge in [0.15, 0.2) is 0 Å². The highest BCUT2D eigenvalue weighted by atomic mass is 15.2. The molecule has 1 aromatic rings. The Labute approximate surface area is 117 Å². The third-order valence-corrected chi connectivity index (χ3v) is 4.94. The van der Waals surface area contributed by atoms with Crippen molar-refractivity contribution in [2.45, 2.75) is 44.7 Å². The number of hydrogen-bond acceptors (Lipinski definition) is 2. The maximum atomic E-state index is 3.70. The van der Waals surface area contributed by atoms with Crippen LogP contribution in [0.2, 0.25) is 0 Å². The van der Waals surface area contributed by atoms with Crippen molar-refractivity contribution in [3.05, 3.63) is 35.9 Å². The SMILES string of the molecule is CC(CCc1ccccc1)N1C[C@@H]2CCCN[C@@H]2C1. The molecule has 2 aliphatic rings. The first kappa shape index (κ1) is 13.1. The molecule has 2 saturated heterocycles. The van der Waals surface area contributed by atoms with Crippen molar-refractivity contribution in [2.75, 3.05) is 19.6 Å². The topological polar surface area (TPSA) is 15.3 Å². The second-order valence-corrected chi connectivity index (χ2v) is 6.29. The van der Waals surface area contributed by atoms with Crippen LogP contribution >= 0.6 is 0 Å². The maximum Gasteiger partial charge on any atom is 0.0235 e. The van der Waals surface area contributed by atoms with Crippen molar-refractivity contribution in [1.29, 1.82) is 0 Å². The molecule has 3 rings (SSSR count). The first-order valence-corrected chi connectivity index (χ1v) is 7.84. The Morgan fingerprint density at radius 2 is 2.11 bits per heavy atom. The van der Waals surface area contributed by atoms with Crippen molar-refractivity contribution in [3.63, 3.8) is 0 Å². The van der Waals surface area contributed by atoms with Gasteiger partial charge < -0.3 is 5.32 Å². The number of benzene rings is 1. The zero-order valence-corrected chi connectivity index (χ0v) is 12.0. The first-order valence-electron chi connectivity index (χ1n) is 7.84. The molecule has 1 aromatic carbocycles. The summed E-state index contributed by atoms with van der Waals surface area (Å²) in [5.74, 6) is 0.910. The number of aryl methyl sites for hydroxylation is 1. The van der Waals surface area contributed by atoms with Gasteiger partial charge in [0, 0.05) is 25.2 Å². The van der Waals surface area contributed by atoms with E-state index in [1.54, 1.807) is 0 Å². The summed E-state index contributed by atoms with van der Waals surface area (Å²) in [6.45, 7) is 6.21. The van der Waals surface area contributed by atoms with Gasteiger partial charge in [-0.2, -0.15) is 0 Å². The van der Waals surface area contributed by atoms with E-state index in [1.165, 1.54) is 50.9 Å². The van der Waals surface area contributed by atoms with E-state index in [-0.39, 0.29) is 0 Å². The average Bonchev–Trinajstić information content (AvgIpc) is 2.90. The lowest BCUT2D eigenvalue weighted by Crippen LogP contribution is -2.41. The molecule has 2 heteroatoms. The highest BCUT2D eigenvalue weighted by Crippen LogP contribution is 2.27. The van der Waals surface area contributed by atoms with Gasteiger partial charge in [-0.3, -0.25) is 4.90 Å². The van der Waals surface area contributed by atoms with E-state index >= 15 is 0 Å². The number of fused-ring (bicyclic) bond motifs is 1. The van der Waals surface area contributed by atoms with Gasteiger partial charge in [0.25, 0.3) is 0 Å². The number of hydrogen-bond donors (Lipinski definition) is 1. The molecule has 104 valence electrons. The van der Waals surface area contributed by atoms with E-state index in [9.17, 15) is 0 Å². The highest BCUT2D eigenvalue weighted by molar-refractivity contribution is 5.14. The number of nitrogens with one attached hydrogen (secondary N) is 1. The minimum Gasteiger partial charge on any atom is -0.312 e.